The van der Waals surface area contributed by atoms with Crippen molar-refractivity contribution in [3.8, 4) is 0 Å². The molecule has 13 heavy (non-hydrogen) atoms. The van der Waals surface area contributed by atoms with Crippen molar-refractivity contribution in [2.45, 2.75) is 51.7 Å². The van der Waals surface area contributed by atoms with Gasteiger partial charge in [-0.05, 0) is 38.6 Å². The fraction of sp³-hybridized carbons (Fsp3) is 1.00. The molecule has 0 spiro atoms. The molecule has 0 saturated heterocycles. The van der Waals surface area contributed by atoms with Crippen LogP contribution in [0.3, 0.4) is 0 Å². The standard InChI is InChI=1S/C11H23NO/c1-9(2)5-4-6-13-11-7-10(8-11)12-3/h9-12H,4-8H2,1-3H3. The van der Waals surface area contributed by atoms with Crippen LogP contribution >= 0.6 is 0 Å². The fourth-order valence-electron chi connectivity index (χ4n) is 1.68. The molecule has 0 radical (unpaired) electrons. The largest absolute Gasteiger partial charge is 0.378 e. The summed E-state index contributed by atoms with van der Waals surface area (Å²) in [5.41, 5.74) is 0. The minimum atomic E-state index is 0.546. The molecule has 1 N–H and O–H groups in total. The molecule has 0 aromatic heterocycles. The van der Waals surface area contributed by atoms with E-state index in [0.29, 0.717) is 6.10 Å². The summed E-state index contributed by atoms with van der Waals surface area (Å²) in [6.45, 7) is 5.49. The SMILES string of the molecule is CNC1CC(OCCCC(C)C)C1. The first kappa shape index (κ1) is 11.0. The van der Waals surface area contributed by atoms with E-state index >= 15 is 0 Å². The molecule has 1 aliphatic rings. The van der Waals surface area contributed by atoms with Gasteiger partial charge in [0, 0.05) is 12.6 Å². The first-order valence-corrected chi connectivity index (χ1v) is 5.51. The molecule has 2 heteroatoms. The molecule has 1 aliphatic carbocycles. The summed E-state index contributed by atoms with van der Waals surface area (Å²) < 4.78 is 5.72. The third kappa shape index (κ3) is 4.10. The third-order valence-corrected chi connectivity index (χ3v) is 2.78. The van der Waals surface area contributed by atoms with E-state index in [0.717, 1.165) is 18.6 Å². The molecule has 1 fully saturated rings. The van der Waals surface area contributed by atoms with Gasteiger partial charge in [0.25, 0.3) is 0 Å². The smallest absolute Gasteiger partial charge is 0.0604 e. The molecule has 0 atom stereocenters. The van der Waals surface area contributed by atoms with E-state index in [4.69, 9.17) is 4.74 Å². The highest BCUT2D eigenvalue weighted by Crippen LogP contribution is 2.23. The molecule has 0 bridgehead atoms. The van der Waals surface area contributed by atoms with Crippen LogP contribution in [0.2, 0.25) is 0 Å². The van der Waals surface area contributed by atoms with Gasteiger partial charge in [-0.1, -0.05) is 13.8 Å². The van der Waals surface area contributed by atoms with Crippen LogP contribution in [-0.2, 0) is 4.74 Å². The van der Waals surface area contributed by atoms with Gasteiger partial charge in [-0.3, -0.25) is 0 Å². The maximum atomic E-state index is 5.72. The second-order valence-electron chi connectivity index (χ2n) is 4.49. The lowest BCUT2D eigenvalue weighted by Gasteiger charge is -2.34. The summed E-state index contributed by atoms with van der Waals surface area (Å²) in [6, 6.07) is 0.718. The van der Waals surface area contributed by atoms with Crippen LogP contribution in [0.25, 0.3) is 0 Å². The summed E-state index contributed by atoms with van der Waals surface area (Å²) in [6.07, 6.45) is 5.47. The van der Waals surface area contributed by atoms with Crippen LogP contribution in [-0.4, -0.2) is 25.8 Å². The second kappa shape index (κ2) is 5.61. The summed E-state index contributed by atoms with van der Waals surface area (Å²) in [7, 11) is 2.03. The van der Waals surface area contributed by atoms with E-state index in [1.54, 1.807) is 0 Å². The normalized spacial score (nSPS) is 27.7. The molecular weight excluding hydrogens is 162 g/mol. The number of ether oxygens (including phenoxy) is 1. The van der Waals surface area contributed by atoms with Gasteiger partial charge in [-0.2, -0.15) is 0 Å². The Morgan fingerprint density at radius 3 is 2.62 bits per heavy atom. The van der Waals surface area contributed by atoms with E-state index in [1.165, 1.54) is 25.7 Å². The molecule has 0 aromatic carbocycles. The van der Waals surface area contributed by atoms with E-state index in [2.05, 4.69) is 19.2 Å². The highest BCUT2D eigenvalue weighted by Gasteiger charge is 2.27. The van der Waals surface area contributed by atoms with Crippen LogP contribution in [0.1, 0.15) is 39.5 Å². The Balaban J connectivity index is 1.85. The van der Waals surface area contributed by atoms with Crippen molar-refractivity contribution >= 4 is 0 Å². The maximum Gasteiger partial charge on any atom is 0.0604 e. The molecule has 0 heterocycles. The lowest BCUT2D eigenvalue weighted by Crippen LogP contribution is -2.43. The molecular formula is C11H23NO. The Bertz CT molecular complexity index is 130. The zero-order valence-electron chi connectivity index (χ0n) is 9.18. The molecule has 0 aromatic rings. The van der Waals surface area contributed by atoms with Crippen LogP contribution in [0, 0.1) is 5.92 Å². The second-order valence-corrected chi connectivity index (χ2v) is 4.49. The predicted octanol–water partition coefficient (Wildman–Crippen LogP) is 2.19. The van der Waals surface area contributed by atoms with Crippen LogP contribution < -0.4 is 5.32 Å². The summed E-state index contributed by atoms with van der Waals surface area (Å²) in [5.74, 6) is 0.815. The van der Waals surface area contributed by atoms with Crippen molar-refractivity contribution in [3.05, 3.63) is 0 Å². The van der Waals surface area contributed by atoms with Crippen LogP contribution in [0.5, 0.6) is 0 Å². The molecule has 0 amide bonds. The van der Waals surface area contributed by atoms with Gasteiger partial charge in [-0.15, -0.1) is 0 Å². The van der Waals surface area contributed by atoms with Crippen LogP contribution in [0.4, 0.5) is 0 Å². The quantitative estimate of drug-likeness (QED) is 0.640. The number of rotatable bonds is 6. The van der Waals surface area contributed by atoms with E-state index in [-0.39, 0.29) is 0 Å². The van der Waals surface area contributed by atoms with Gasteiger partial charge in [0.15, 0.2) is 0 Å². The van der Waals surface area contributed by atoms with E-state index < -0.39 is 0 Å². The zero-order chi connectivity index (χ0) is 9.68. The third-order valence-electron chi connectivity index (χ3n) is 2.78. The van der Waals surface area contributed by atoms with Gasteiger partial charge >= 0.3 is 0 Å². The average molecular weight is 185 g/mol. The van der Waals surface area contributed by atoms with Crippen molar-refractivity contribution in [2.24, 2.45) is 5.92 Å². The highest BCUT2D eigenvalue weighted by atomic mass is 16.5. The van der Waals surface area contributed by atoms with Gasteiger partial charge in [0.05, 0.1) is 6.10 Å². The van der Waals surface area contributed by atoms with Crippen molar-refractivity contribution in [1.82, 2.24) is 5.32 Å². The highest BCUT2D eigenvalue weighted by molar-refractivity contribution is 4.84. The van der Waals surface area contributed by atoms with Crippen molar-refractivity contribution in [3.63, 3.8) is 0 Å². The van der Waals surface area contributed by atoms with Gasteiger partial charge in [-0.25, -0.2) is 0 Å². The van der Waals surface area contributed by atoms with E-state index in [1.807, 2.05) is 7.05 Å². The van der Waals surface area contributed by atoms with Crippen molar-refractivity contribution in [1.29, 1.82) is 0 Å². The molecule has 1 saturated carbocycles. The Hall–Kier alpha value is -0.0800. The van der Waals surface area contributed by atoms with Gasteiger partial charge < -0.3 is 10.1 Å². The molecule has 78 valence electrons. The number of nitrogens with one attached hydrogen (secondary N) is 1. The van der Waals surface area contributed by atoms with Gasteiger partial charge in [0.1, 0.15) is 0 Å². The van der Waals surface area contributed by atoms with Crippen LogP contribution in [0.15, 0.2) is 0 Å². The average Bonchev–Trinajstić information content (AvgIpc) is 2.00. The molecule has 0 unspecified atom stereocenters. The minimum absolute atomic E-state index is 0.546. The lowest BCUT2D eigenvalue weighted by molar-refractivity contribution is -0.0169. The number of hydrogen-bond acceptors (Lipinski definition) is 2. The Morgan fingerprint density at radius 2 is 2.08 bits per heavy atom. The lowest BCUT2D eigenvalue weighted by atomic mass is 9.89. The molecule has 0 aliphatic heterocycles. The summed E-state index contributed by atoms with van der Waals surface area (Å²) >= 11 is 0. The Kier molecular flexibility index (Phi) is 4.74. The van der Waals surface area contributed by atoms with Crippen molar-refractivity contribution < 1.29 is 4.74 Å². The first-order chi connectivity index (χ1) is 6.22. The minimum Gasteiger partial charge on any atom is -0.378 e. The Labute approximate surface area is 82.0 Å². The van der Waals surface area contributed by atoms with Crippen molar-refractivity contribution in [2.75, 3.05) is 13.7 Å². The topological polar surface area (TPSA) is 21.3 Å². The predicted molar refractivity (Wildman–Crippen MR) is 55.9 cm³/mol. The zero-order valence-corrected chi connectivity index (χ0v) is 9.18. The Morgan fingerprint density at radius 1 is 1.38 bits per heavy atom. The molecule has 2 nitrogen and oxygen atoms in total. The maximum absolute atomic E-state index is 5.72. The molecule has 1 rings (SSSR count). The van der Waals surface area contributed by atoms with Gasteiger partial charge in [0.2, 0.25) is 0 Å². The van der Waals surface area contributed by atoms with E-state index in [9.17, 15) is 0 Å². The first-order valence-electron chi connectivity index (χ1n) is 5.51. The summed E-state index contributed by atoms with van der Waals surface area (Å²) in [5, 5.41) is 3.26. The fourth-order valence-corrected chi connectivity index (χ4v) is 1.68. The number of hydrogen-bond donors (Lipinski definition) is 1. The summed E-state index contributed by atoms with van der Waals surface area (Å²) in [4.78, 5) is 0. The monoisotopic (exact) mass is 185 g/mol.